The van der Waals surface area contributed by atoms with E-state index in [9.17, 15) is 4.79 Å². The SMILES string of the molecule is COC(=O)c1sccc1CCCNCCCc1cccc(Cl)c1. The lowest BCUT2D eigenvalue weighted by Crippen LogP contribution is -2.18. The molecule has 5 heteroatoms. The van der Waals surface area contributed by atoms with Gasteiger partial charge in [-0.05, 0) is 73.5 Å². The lowest BCUT2D eigenvalue weighted by atomic mass is 10.1. The van der Waals surface area contributed by atoms with Gasteiger partial charge in [-0.2, -0.15) is 0 Å². The molecule has 1 N–H and O–H groups in total. The fourth-order valence-electron chi connectivity index (χ4n) is 2.44. The average molecular weight is 352 g/mol. The lowest BCUT2D eigenvalue weighted by molar-refractivity contribution is 0.0605. The summed E-state index contributed by atoms with van der Waals surface area (Å²) in [5.41, 5.74) is 2.36. The number of halogens is 1. The van der Waals surface area contributed by atoms with Crippen LogP contribution in [0.4, 0.5) is 0 Å². The van der Waals surface area contributed by atoms with Crippen molar-refractivity contribution in [3.05, 3.63) is 56.7 Å². The molecular formula is C18H22ClNO2S. The van der Waals surface area contributed by atoms with Gasteiger partial charge in [0.2, 0.25) is 0 Å². The molecule has 0 aliphatic heterocycles. The van der Waals surface area contributed by atoms with Crippen molar-refractivity contribution in [2.45, 2.75) is 25.7 Å². The van der Waals surface area contributed by atoms with Gasteiger partial charge in [-0.25, -0.2) is 4.79 Å². The molecule has 1 aromatic carbocycles. The molecule has 2 rings (SSSR count). The van der Waals surface area contributed by atoms with E-state index in [4.69, 9.17) is 16.3 Å². The molecule has 0 aliphatic rings. The predicted octanol–water partition coefficient (Wildman–Crippen LogP) is 4.34. The van der Waals surface area contributed by atoms with Crippen LogP contribution in [0, 0.1) is 0 Å². The molecular weight excluding hydrogens is 330 g/mol. The van der Waals surface area contributed by atoms with Crippen molar-refractivity contribution in [3.63, 3.8) is 0 Å². The second kappa shape index (κ2) is 9.71. The largest absolute Gasteiger partial charge is 0.465 e. The molecule has 0 fully saturated rings. The van der Waals surface area contributed by atoms with Crippen LogP contribution in [0.5, 0.6) is 0 Å². The van der Waals surface area contributed by atoms with E-state index in [0.717, 1.165) is 54.2 Å². The normalized spacial score (nSPS) is 10.7. The second-order valence-corrected chi connectivity index (χ2v) is 6.71. The number of carbonyl (C=O) groups is 1. The van der Waals surface area contributed by atoms with E-state index in [0.29, 0.717) is 0 Å². The van der Waals surface area contributed by atoms with Crippen LogP contribution >= 0.6 is 22.9 Å². The Balaban J connectivity index is 1.59. The van der Waals surface area contributed by atoms with Crippen LogP contribution in [0.3, 0.4) is 0 Å². The van der Waals surface area contributed by atoms with Crippen molar-refractivity contribution in [1.82, 2.24) is 5.32 Å². The fraction of sp³-hybridized carbons (Fsp3) is 0.389. The molecule has 0 radical (unpaired) electrons. The molecule has 3 nitrogen and oxygen atoms in total. The molecule has 0 bridgehead atoms. The van der Waals surface area contributed by atoms with Crippen molar-refractivity contribution in [2.75, 3.05) is 20.2 Å². The molecule has 23 heavy (non-hydrogen) atoms. The van der Waals surface area contributed by atoms with E-state index >= 15 is 0 Å². The molecule has 0 saturated heterocycles. The van der Waals surface area contributed by atoms with Crippen molar-refractivity contribution in [1.29, 1.82) is 0 Å². The molecule has 0 saturated carbocycles. The number of carbonyl (C=O) groups excluding carboxylic acids is 1. The minimum absolute atomic E-state index is 0.232. The lowest BCUT2D eigenvalue weighted by Gasteiger charge is -2.06. The van der Waals surface area contributed by atoms with Crippen LogP contribution in [0.25, 0.3) is 0 Å². The maximum Gasteiger partial charge on any atom is 0.348 e. The molecule has 2 aromatic rings. The number of esters is 1. The molecule has 0 atom stereocenters. The standard InChI is InChI=1S/C18H22ClNO2S/c1-22-18(21)17-15(9-12-23-17)7-4-11-20-10-3-6-14-5-2-8-16(19)13-14/h2,5,8-9,12-13,20H,3-4,6-7,10-11H2,1H3. The fourth-order valence-corrected chi connectivity index (χ4v) is 3.53. The Morgan fingerprint density at radius 1 is 1.22 bits per heavy atom. The van der Waals surface area contributed by atoms with Gasteiger partial charge in [-0.1, -0.05) is 23.7 Å². The Bertz CT molecular complexity index is 627. The highest BCUT2D eigenvalue weighted by atomic mass is 35.5. The van der Waals surface area contributed by atoms with Crippen molar-refractivity contribution < 1.29 is 9.53 Å². The average Bonchev–Trinajstić information content (AvgIpc) is 3.02. The van der Waals surface area contributed by atoms with Crippen LogP contribution in [-0.4, -0.2) is 26.2 Å². The molecule has 0 aliphatic carbocycles. The summed E-state index contributed by atoms with van der Waals surface area (Å²) in [7, 11) is 1.42. The Morgan fingerprint density at radius 3 is 2.74 bits per heavy atom. The molecule has 0 unspecified atom stereocenters. The Labute approximate surface area is 146 Å². The first-order valence-electron chi connectivity index (χ1n) is 7.80. The van der Waals surface area contributed by atoms with Crippen LogP contribution in [-0.2, 0) is 17.6 Å². The predicted molar refractivity (Wildman–Crippen MR) is 96.6 cm³/mol. The Morgan fingerprint density at radius 2 is 2.00 bits per heavy atom. The first-order chi connectivity index (χ1) is 11.2. The van der Waals surface area contributed by atoms with E-state index in [2.05, 4.69) is 11.4 Å². The minimum atomic E-state index is -0.232. The number of aryl methyl sites for hydroxylation is 2. The van der Waals surface area contributed by atoms with Gasteiger partial charge in [0, 0.05) is 5.02 Å². The summed E-state index contributed by atoms with van der Waals surface area (Å²) in [5.74, 6) is -0.232. The van der Waals surface area contributed by atoms with Crippen molar-refractivity contribution >= 4 is 28.9 Å². The van der Waals surface area contributed by atoms with Crippen LogP contribution in [0.1, 0.15) is 33.6 Å². The van der Waals surface area contributed by atoms with Gasteiger partial charge in [-0.3, -0.25) is 0 Å². The number of hydrogen-bond acceptors (Lipinski definition) is 4. The van der Waals surface area contributed by atoms with Crippen molar-refractivity contribution in [2.24, 2.45) is 0 Å². The van der Waals surface area contributed by atoms with E-state index in [1.165, 1.54) is 24.0 Å². The number of rotatable bonds is 9. The molecule has 124 valence electrons. The zero-order valence-corrected chi connectivity index (χ0v) is 14.9. The number of nitrogens with one attached hydrogen (secondary N) is 1. The monoisotopic (exact) mass is 351 g/mol. The third kappa shape index (κ3) is 5.98. The van der Waals surface area contributed by atoms with Gasteiger partial charge in [0.15, 0.2) is 0 Å². The molecule has 1 aromatic heterocycles. The van der Waals surface area contributed by atoms with Crippen LogP contribution in [0.2, 0.25) is 5.02 Å². The van der Waals surface area contributed by atoms with Gasteiger partial charge < -0.3 is 10.1 Å². The Hall–Kier alpha value is -1.36. The maximum absolute atomic E-state index is 11.6. The third-order valence-corrected chi connectivity index (χ3v) is 4.80. The summed E-state index contributed by atoms with van der Waals surface area (Å²) >= 11 is 7.42. The van der Waals surface area contributed by atoms with E-state index in [1.54, 1.807) is 0 Å². The first kappa shape index (κ1) is 18.0. The summed E-state index contributed by atoms with van der Waals surface area (Å²) in [6.07, 6.45) is 4.03. The quantitative estimate of drug-likeness (QED) is 0.539. The van der Waals surface area contributed by atoms with Crippen LogP contribution in [0.15, 0.2) is 35.7 Å². The minimum Gasteiger partial charge on any atom is -0.465 e. The molecule has 0 spiro atoms. The zero-order chi connectivity index (χ0) is 16.5. The smallest absolute Gasteiger partial charge is 0.348 e. The maximum atomic E-state index is 11.6. The molecule has 0 amide bonds. The summed E-state index contributed by atoms with van der Waals surface area (Å²) in [6, 6.07) is 10.0. The van der Waals surface area contributed by atoms with Gasteiger partial charge in [0.25, 0.3) is 0 Å². The van der Waals surface area contributed by atoms with Gasteiger partial charge in [0.1, 0.15) is 4.88 Å². The number of hydrogen-bond donors (Lipinski definition) is 1. The highest BCUT2D eigenvalue weighted by Crippen LogP contribution is 2.19. The highest BCUT2D eigenvalue weighted by Gasteiger charge is 2.12. The topological polar surface area (TPSA) is 38.3 Å². The number of methoxy groups -OCH3 is 1. The summed E-state index contributed by atoms with van der Waals surface area (Å²) in [4.78, 5) is 12.3. The summed E-state index contributed by atoms with van der Waals surface area (Å²) in [5, 5.41) is 6.19. The van der Waals surface area contributed by atoms with E-state index < -0.39 is 0 Å². The first-order valence-corrected chi connectivity index (χ1v) is 9.06. The van der Waals surface area contributed by atoms with Gasteiger partial charge >= 0.3 is 5.97 Å². The third-order valence-electron chi connectivity index (χ3n) is 3.63. The molecule has 1 heterocycles. The van der Waals surface area contributed by atoms with Crippen molar-refractivity contribution in [3.8, 4) is 0 Å². The Kier molecular flexibility index (Phi) is 7.59. The summed E-state index contributed by atoms with van der Waals surface area (Å²) in [6.45, 7) is 1.94. The van der Waals surface area contributed by atoms with E-state index in [1.807, 2.05) is 29.6 Å². The highest BCUT2D eigenvalue weighted by molar-refractivity contribution is 7.12. The second-order valence-electron chi connectivity index (χ2n) is 5.35. The number of thiophene rings is 1. The van der Waals surface area contributed by atoms with Crippen LogP contribution < -0.4 is 5.32 Å². The number of ether oxygens (including phenoxy) is 1. The summed E-state index contributed by atoms with van der Waals surface area (Å²) < 4.78 is 4.79. The number of benzene rings is 1. The van der Waals surface area contributed by atoms with Gasteiger partial charge in [0.05, 0.1) is 7.11 Å². The van der Waals surface area contributed by atoms with E-state index in [-0.39, 0.29) is 5.97 Å². The zero-order valence-electron chi connectivity index (χ0n) is 13.3. The van der Waals surface area contributed by atoms with Gasteiger partial charge in [-0.15, -0.1) is 11.3 Å².